The van der Waals surface area contributed by atoms with Crippen LogP contribution in [-0.4, -0.2) is 23.4 Å². The van der Waals surface area contributed by atoms with Gasteiger partial charge in [-0.05, 0) is 24.3 Å². The molecule has 0 fully saturated rings. The molecule has 0 bridgehead atoms. The maximum Gasteiger partial charge on any atom is 0.198 e. The fourth-order valence-corrected chi connectivity index (χ4v) is 4.10. The van der Waals surface area contributed by atoms with Crippen LogP contribution in [0.3, 0.4) is 0 Å². The molecule has 2 aliphatic carbocycles. The standard InChI is InChI=1S/C26H15NO4/c28-25-16-10-4-5-11-17(16)26(29)23-22(25)20(30-15-8-2-1-3-9-15)14-21-24(23)27-18-12-6-7-13-19(18)31-21/h1-14,19H. The van der Waals surface area contributed by atoms with Gasteiger partial charge in [-0.25, -0.2) is 4.99 Å². The molecule has 3 aromatic carbocycles. The molecule has 0 saturated carbocycles. The second kappa shape index (κ2) is 6.64. The Hall–Kier alpha value is -4.25. The van der Waals surface area contributed by atoms with Crippen molar-refractivity contribution >= 4 is 23.0 Å². The van der Waals surface area contributed by atoms with Gasteiger partial charge in [0.15, 0.2) is 23.4 Å². The third-order valence-electron chi connectivity index (χ3n) is 5.52. The average molecular weight is 405 g/mol. The molecule has 5 nitrogen and oxygen atoms in total. The van der Waals surface area contributed by atoms with E-state index >= 15 is 0 Å². The third-order valence-corrected chi connectivity index (χ3v) is 5.52. The Morgan fingerprint density at radius 3 is 2.32 bits per heavy atom. The highest BCUT2D eigenvalue weighted by molar-refractivity contribution is 6.31. The minimum atomic E-state index is -0.346. The summed E-state index contributed by atoms with van der Waals surface area (Å²) in [6.45, 7) is 0. The first-order valence-electron chi connectivity index (χ1n) is 9.93. The number of rotatable bonds is 2. The fourth-order valence-electron chi connectivity index (χ4n) is 4.10. The summed E-state index contributed by atoms with van der Waals surface area (Å²) in [4.78, 5) is 31.7. The van der Waals surface area contributed by atoms with E-state index in [1.165, 1.54) is 0 Å². The number of aliphatic imine (C=N–C) groups is 1. The van der Waals surface area contributed by atoms with Crippen molar-refractivity contribution < 1.29 is 19.1 Å². The van der Waals surface area contributed by atoms with E-state index in [4.69, 9.17) is 14.5 Å². The number of ketones is 2. The molecule has 3 aliphatic rings. The van der Waals surface area contributed by atoms with E-state index in [1.807, 2.05) is 42.5 Å². The third kappa shape index (κ3) is 2.67. The van der Waals surface area contributed by atoms with Gasteiger partial charge >= 0.3 is 0 Å². The van der Waals surface area contributed by atoms with Crippen LogP contribution in [0.2, 0.25) is 0 Å². The second-order valence-electron chi connectivity index (χ2n) is 7.41. The van der Waals surface area contributed by atoms with Gasteiger partial charge in [-0.1, -0.05) is 54.6 Å². The highest BCUT2D eigenvalue weighted by atomic mass is 16.5. The molecule has 0 spiro atoms. The zero-order valence-electron chi connectivity index (χ0n) is 16.2. The molecule has 0 aromatic heterocycles. The van der Waals surface area contributed by atoms with Gasteiger partial charge in [0.25, 0.3) is 0 Å². The van der Waals surface area contributed by atoms with Crippen molar-refractivity contribution in [1.82, 2.24) is 0 Å². The molecule has 0 amide bonds. The van der Waals surface area contributed by atoms with Crippen LogP contribution in [0.15, 0.2) is 90.0 Å². The number of carbonyl (C=O) groups is 2. The summed E-state index contributed by atoms with van der Waals surface area (Å²) in [5.41, 5.74) is 2.22. The van der Waals surface area contributed by atoms with Crippen LogP contribution >= 0.6 is 0 Å². The van der Waals surface area contributed by atoms with Crippen LogP contribution in [0.25, 0.3) is 0 Å². The number of nitrogens with zero attached hydrogens (tertiary/aromatic N) is 1. The molecular weight excluding hydrogens is 390 g/mol. The quantitative estimate of drug-likeness (QED) is 0.459. The predicted octanol–water partition coefficient (Wildman–Crippen LogP) is 5.21. The van der Waals surface area contributed by atoms with Gasteiger partial charge < -0.3 is 9.47 Å². The molecule has 1 atom stereocenters. The maximum atomic E-state index is 13.5. The summed E-state index contributed by atoms with van der Waals surface area (Å²) < 4.78 is 12.2. The number of fused-ring (bicyclic) bond motifs is 5. The van der Waals surface area contributed by atoms with E-state index in [2.05, 4.69) is 0 Å². The minimum Gasteiger partial charge on any atom is -0.478 e. The highest BCUT2D eigenvalue weighted by Crippen LogP contribution is 2.47. The van der Waals surface area contributed by atoms with Crippen LogP contribution in [0.1, 0.15) is 31.8 Å². The van der Waals surface area contributed by atoms with Crippen molar-refractivity contribution in [2.75, 3.05) is 0 Å². The predicted molar refractivity (Wildman–Crippen MR) is 116 cm³/mol. The van der Waals surface area contributed by atoms with E-state index in [1.54, 1.807) is 42.5 Å². The first-order chi connectivity index (χ1) is 15.2. The SMILES string of the molecule is O=C1c2ccccc2C(=O)c2c3c(cc(Oc4ccccc4)c21)OC1C=CC=CC1=N3. The van der Waals surface area contributed by atoms with Gasteiger partial charge in [-0.15, -0.1) is 0 Å². The number of benzene rings is 3. The Balaban J connectivity index is 1.62. The molecule has 0 radical (unpaired) electrons. The number of ether oxygens (including phenoxy) is 2. The van der Waals surface area contributed by atoms with Gasteiger partial charge in [-0.3, -0.25) is 9.59 Å². The molecule has 148 valence electrons. The molecule has 3 aromatic rings. The van der Waals surface area contributed by atoms with E-state index in [0.717, 1.165) is 0 Å². The first-order valence-corrected chi connectivity index (χ1v) is 9.93. The summed E-state index contributed by atoms with van der Waals surface area (Å²) in [7, 11) is 0. The number of carbonyl (C=O) groups excluding carboxylic acids is 2. The molecule has 31 heavy (non-hydrogen) atoms. The average Bonchev–Trinajstić information content (AvgIpc) is 2.81. The zero-order valence-corrected chi connectivity index (χ0v) is 16.2. The number of hydrogen-bond donors (Lipinski definition) is 0. The summed E-state index contributed by atoms with van der Waals surface area (Å²) in [6, 6.07) is 17.6. The van der Waals surface area contributed by atoms with Crippen molar-refractivity contribution in [3.8, 4) is 17.2 Å². The van der Waals surface area contributed by atoms with Gasteiger partial charge in [0, 0.05) is 17.2 Å². The van der Waals surface area contributed by atoms with Crippen molar-refractivity contribution in [2.24, 2.45) is 4.99 Å². The lowest BCUT2D eigenvalue weighted by Crippen LogP contribution is -2.29. The Morgan fingerprint density at radius 2 is 1.55 bits per heavy atom. The van der Waals surface area contributed by atoms with Gasteiger partial charge in [0.05, 0.1) is 16.8 Å². The molecule has 5 heteroatoms. The van der Waals surface area contributed by atoms with Crippen LogP contribution in [-0.2, 0) is 0 Å². The van der Waals surface area contributed by atoms with E-state index in [-0.39, 0.29) is 34.5 Å². The summed E-state index contributed by atoms with van der Waals surface area (Å²) in [5, 5.41) is 0. The van der Waals surface area contributed by atoms with Crippen molar-refractivity contribution in [3.05, 3.63) is 107 Å². The lowest BCUT2D eigenvalue weighted by molar-refractivity contribution is 0.0977. The van der Waals surface area contributed by atoms with Gasteiger partial charge in [0.2, 0.25) is 0 Å². The minimum absolute atomic E-state index is 0.216. The topological polar surface area (TPSA) is 65.0 Å². The van der Waals surface area contributed by atoms with Crippen molar-refractivity contribution in [3.63, 3.8) is 0 Å². The van der Waals surface area contributed by atoms with Gasteiger partial charge in [0.1, 0.15) is 17.2 Å². The zero-order chi connectivity index (χ0) is 20.9. The molecule has 1 unspecified atom stereocenters. The molecule has 6 rings (SSSR count). The lowest BCUT2D eigenvalue weighted by Gasteiger charge is -2.28. The van der Waals surface area contributed by atoms with Crippen molar-refractivity contribution in [2.45, 2.75) is 6.10 Å². The van der Waals surface area contributed by atoms with Crippen LogP contribution in [0, 0.1) is 0 Å². The molecule has 1 aliphatic heterocycles. The fraction of sp³-hybridized carbons (Fsp3) is 0.0385. The molecule has 1 heterocycles. The van der Waals surface area contributed by atoms with E-state index < -0.39 is 0 Å². The maximum absolute atomic E-state index is 13.5. The number of hydrogen-bond acceptors (Lipinski definition) is 5. The largest absolute Gasteiger partial charge is 0.478 e. The Kier molecular flexibility index (Phi) is 3.77. The summed E-state index contributed by atoms with van der Waals surface area (Å²) in [6.07, 6.45) is 7.14. The van der Waals surface area contributed by atoms with Crippen molar-refractivity contribution in [1.29, 1.82) is 0 Å². The second-order valence-corrected chi connectivity index (χ2v) is 7.41. The summed E-state index contributed by atoms with van der Waals surface area (Å²) >= 11 is 0. The lowest BCUT2D eigenvalue weighted by atomic mass is 9.82. The molecule has 0 saturated heterocycles. The number of para-hydroxylation sites is 1. The normalized spacial score (nSPS) is 17.7. The monoisotopic (exact) mass is 405 g/mol. The molecular formula is C26H15NO4. The molecule has 0 N–H and O–H groups in total. The van der Waals surface area contributed by atoms with E-state index in [0.29, 0.717) is 34.0 Å². The smallest absolute Gasteiger partial charge is 0.198 e. The summed E-state index contributed by atoms with van der Waals surface area (Å²) in [5.74, 6) is 0.729. The van der Waals surface area contributed by atoms with Gasteiger partial charge in [-0.2, -0.15) is 0 Å². The number of allylic oxidation sites excluding steroid dienone is 2. The Bertz CT molecular complexity index is 1370. The Morgan fingerprint density at radius 1 is 0.839 bits per heavy atom. The van der Waals surface area contributed by atoms with Crippen LogP contribution < -0.4 is 9.47 Å². The van der Waals surface area contributed by atoms with Crippen LogP contribution in [0.5, 0.6) is 17.2 Å². The van der Waals surface area contributed by atoms with E-state index in [9.17, 15) is 9.59 Å². The van der Waals surface area contributed by atoms with Crippen LogP contribution in [0.4, 0.5) is 5.69 Å². The Labute approximate surface area is 178 Å². The highest BCUT2D eigenvalue weighted by Gasteiger charge is 2.38. The first kappa shape index (κ1) is 17.6.